The van der Waals surface area contributed by atoms with Gasteiger partial charge in [0.05, 0.1) is 0 Å². The SMILES string of the molecule is CCC[C@H](N)c1c(C)ccnc1Br. The number of aromatic nitrogens is 1. The lowest BCUT2D eigenvalue weighted by molar-refractivity contribution is 0.629. The predicted molar refractivity (Wildman–Crippen MR) is 58.5 cm³/mol. The second-order valence-corrected chi connectivity index (χ2v) is 3.98. The summed E-state index contributed by atoms with van der Waals surface area (Å²) in [5.74, 6) is 0. The summed E-state index contributed by atoms with van der Waals surface area (Å²) in [5.41, 5.74) is 8.39. The molecule has 0 saturated carbocycles. The van der Waals surface area contributed by atoms with Crippen molar-refractivity contribution in [3.63, 3.8) is 0 Å². The van der Waals surface area contributed by atoms with Crippen LogP contribution in [0.5, 0.6) is 0 Å². The van der Waals surface area contributed by atoms with E-state index in [1.54, 1.807) is 6.20 Å². The third kappa shape index (κ3) is 2.51. The van der Waals surface area contributed by atoms with Crippen LogP contribution in [0, 0.1) is 6.92 Å². The lowest BCUT2D eigenvalue weighted by atomic mass is 10.0. The highest BCUT2D eigenvalue weighted by Gasteiger charge is 2.11. The Morgan fingerprint density at radius 2 is 2.31 bits per heavy atom. The number of nitrogens with two attached hydrogens (primary N) is 1. The molecule has 1 atom stereocenters. The van der Waals surface area contributed by atoms with Crippen LogP contribution in [0.25, 0.3) is 0 Å². The zero-order valence-electron chi connectivity index (χ0n) is 8.05. The van der Waals surface area contributed by atoms with E-state index in [0.29, 0.717) is 0 Å². The Kier molecular flexibility index (Phi) is 3.88. The van der Waals surface area contributed by atoms with Crippen LogP contribution in [0.3, 0.4) is 0 Å². The Bertz CT molecular complexity index is 266. The molecule has 0 saturated heterocycles. The highest BCUT2D eigenvalue weighted by atomic mass is 79.9. The molecule has 0 bridgehead atoms. The van der Waals surface area contributed by atoms with Gasteiger partial charge >= 0.3 is 0 Å². The van der Waals surface area contributed by atoms with Gasteiger partial charge in [0.15, 0.2) is 0 Å². The van der Waals surface area contributed by atoms with E-state index in [1.807, 2.05) is 6.07 Å². The van der Waals surface area contributed by atoms with Gasteiger partial charge in [0, 0.05) is 17.8 Å². The van der Waals surface area contributed by atoms with E-state index in [-0.39, 0.29) is 6.04 Å². The first-order chi connectivity index (χ1) is 6.16. The molecule has 2 N–H and O–H groups in total. The van der Waals surface area contributed by atoms with Crippen LogP contribution in [0.1, 0.15) is 36.9 Å². The lowest BCUT2D eigenvalue weighted by Crippen LogP contribution is -2.12. The molecule has 0 aliphatic rings. The van der Waals surface area contributed by atoms with E-state index >= 15 is 0 Å². The zero-order valence-corrected chi connectivity index (χ0v) is 9.63. The summed E-state index contributed by atoms with van der Waals surface area (Å²) in [7, 11) is 0. The first-order valence-corrected chi connectivity index (χ1v) is 5.32. The highest BCUT2D eigenvalue weighted by molar-refractivity contribution is 9.10. The average Bonchev–Trinajstić information content (AvgIpc) is 2.04. The molecular formula is C10H15BrN2. The van der Waals surface area contributed by atoms with Crippen molar-refractivity contribution in [3.8, 4) is 0 Å². The molecule has 2 nitrogen and oxygen atoms in total. The quantitative estimate of drug-likeness (QED) is 0.829. The Hall–Kier alpha value is -0.410. The van der Waals surface area contributed by atoms with Crippen molar-refractivity contribution in [2.45, 2.75) is 32.7 Å². The molecule has 72 valence electrons. The molecule has 1 heterocycles. The van der Waals surface area contributed by atoms with Crippen LogP contribution in [0.4, 0.5) is 0 Å². The van der Waals surface area contributed by atoms with Gasteiger partial charge in [0.25, 0.3) is 0 Å². The minimum atomic E-state index is 0.105. The molecule has 1 aromatic rings. The van der Waals surface area contributed by atoms with Crippen molar-refractivity contribution >= 4 is 15.9 Å². The van der Waals surface area contributed by atoms with E-state index in [9.17, 15) is 0 Å². The first kappa shape index (κ1) is 10.7. The molecule has 0 spiro atoms. The Morgan fingerprint density at radius 3 is 2.85 bits per heavy atom. The van der Waals surface area contributed by atoms with Crippen molar-refractivity contribution < 1.29 is 0 Å². The smallest absolute Gasteiger partial charge is 0.111 e. The molecule has 3 heteroatoms. The fourth-order valence-corrected chi connectivity index (χ4v) is 2.16. The molecule has 0 amide bonds. The summed E-state index contributed by atoms with van der Waals surface area (Å²) < 4.78 is 0.883. The second kappa shape index (κ2) is 4.72. The van der Waals surface area contributed by atoms with Gasteiger partial charge in [-0.2, -0.15) is 0 Å². The highest BCUT2D eigenvalue weighted by Crippen LogP contribution is 2.25. The van der Waals surface area contributed by atoms with Gasteiger partial charge < -0.3 is 5.73 Å². The monoisotopic (exact) mass is 242 g/mol. The summed E-state index contributed by atoms with van der Waals surface area (Å²) >= 11 is 3.43. The number of hydrogen-bond acceptors (Lipinski definition) is 2. The van der Waals surface area contributed by atoms with Crippen molar-refractivity contribution in [2.75, 3.05) is 0 Å². The molecule has 0 fully saturated rings. The Labute approximate surface area is 87.7 Å². The Balaban J connectivity index is 2.98. The number of nitrogens with zero attached hydrogens (tertiary/aromatic N) is 1. The van der Waals surface area contributed by atoms with Crippen LogP contribution in [0.2, 0.25) is 0 Å². The van der Waals surface area contributed by atoms with E-state index in [0.717, 1.165) is 23.0 Å². The number of halogens is 1. The van der Waals surface area contributed by atoms with Crippen molar-refractivity contribution in [1.29, 1.82) is 0 Å². The zero-order chi connectivity index (χ0) is 9.84. The van der Waals surface area contributed by atoms with E-state index in [1.165, 1.54) is 5.56 Å². The summed E-state index contributed by atoms with van der Waals surface area (Å²) in [6, 6.07) is 2.10. The van der Waals surface area contributed by atoms with E-state index in [2.05, 4.69) is 34.8 Å². The van der Waals surface area contributed by atoms with Crippen molar-refractivity contribution in [2.24, 2.45) is 5.73 Å². The molecule has 0 aromatic carbocycles. The molecule has 1 aromatic heterocycles. The van der Waals surface area contributed by atoms with Gasteiger partial charge in [-0.25, -0.2) is 4.98 Å². The third-order valence-electron chi connectivity index (χ3n) is 2.13. The fourth-order valence-electron chi connectivity index (χ4n) is 1.44. The standard InChI is InChI=1S/C10H15BrN2/c1-3-4-8(12)9-7(2)5-6-13-10(9)11/h5-6,8H,3-4,12H2,1-2H3/t8-/m0/s1. The largest absolute Gasteiger partial charge is 0.324 e. The second-order valence-electron chi connectivity index (χ2n) is 3.23. The van der Waals surface area contributed by atoms with Gasteiger partial charge in [-0.3, -0.25) is 0 Å². The lowest BCUT2D eigenvalue weighted by Gasteiger charge is -2.14. The van der Waals surface area contributed by atoms with Gasteiger partial charge in [-0.1, -0.05) is 13.3 Å². The summed E-state index contributed by atoms with van der Waals surface area (Å²) in [5, 5.41) is 0. The number of aryl methyl sites for hydroxylation is 1. The maximum atomic E-state index is 6.04. The molecule has 0 aliphatic heterocycles. The van der Waals surface area contributed by atoms with E-state index in [4.69, 9.17) is 5.73 Å². The van der Waals surface area contributed by atoms with Crippen LogP contribution in [-0.4, -0.2) is 4.98 Å². The topological polar surface area (TPSA) is 38.9 Å². The number of pyridine rings is 1. The van der Waals surface area contributed by atoms with Crippen LogP contribution < -0.4 is 5.73 Å². The van der Waals surface area contributed by atoms with Crippen LogP contribution in [-0.2, 0) is 0 Å². The minimum absolute atomic E-state index is 0.105. The number of hydrogen-bond donors (Lipinski definition) is 1. The summed E-state index contributed by atoms with van der Waals surface area (Å²) in [6.07, 6.45) is 3.90. The average molecular weight is 243 g/mol. The van der Waals surface area contributed by atoms with Gasteiger partial charge in [-0.15, -0.1) is 0 Å². The fraction of sp³-hybridized carbons (Fsp3) is 0.500. The Morgan fingerprint density at radius 1 is 1.62 bits per heavy atom. The van der Waals surface area contributed by atoms with Crippen LogP contribution in [0.15, 0.2) is 16.9 Å². The van der Waals surface area contributed by atoms with Crippen molar-refractivity contribution in [1.82, 2.24) is 4.98 Å². The maximum Gasteiger partial charge on any atom is 0.111 e. The van der Waals surface area contributed by atoms with Crippen LogP contribution >= 0.6 is 15.9 Å². The normalized spacial score (nSPS) is 12.9. The molecule has 0 radical (unpaired) electrons. The third-order valence-corrected chi connectivity index (χ3v) is 2.76. The molecule has 0 unspecified atom stereocenters. The molecule has 0 aliphatic carbocycles. The minimum Gasteiger partial charge on any atom is -0.324 e. The molecule has 13 heavy (non-hydrogen) atoms. The maximum absolute atomic E-state index is 6.04. The first-order valence-electron chi connectivity index (χ1n) is 4.53. The van der Waals surface area contributed by atoms with E-state index < -0.39 is 0 Å². The number of rotatable bonds is 3. The molecular weight excluding hydrogens is 228 g/mol. The summed E-state index contributed by atoms with van der Waals surface area (Å²) in [6.45, 7) is 4.21. The molecule has 1 rings (SSSR count). The van der Waals surface area contributed by atoms with Gasteiger partial charge in [0.2, 0.25) is 0 Å². The van der Waals surface area contributed by atoms with Gasteiger partial charge in [0.1, 0.15) is 4.60 Å². The predicted octanol–water partition coefficient (Wildman–Crippen LogP) is 2.95. The van der Waals surface area contributed by atoms with Crippen molar-refractivity contribution in [3.05, 3.63) is 28.0 Å². The van der Waals surface area contributed by atoms with Gasteiger partial charge in [-0.05, 0) is 40.9 Å². The summed E-state index contributed by atoms with van der Waals surface area (Å²) in [4.78, 5) is 4.18.